The van der Waals surface area contributed by atoms with E-state index in [1.54, 1.807) is 21.3 Å². The quantitative estimate of drug-likeness (QED) is 0.765. The van der Waals surface area contributed by atoms with Gasteiger partial charge in [-0.1, -0.05) is 13.8 Å². The van der Waals surface area contributed by atoms with E-state index in [2.05, 4.69) is 30.1 Å². The Hall–Kier alpha value is -0.880. The summed E-state index contributed by atoms with van der Waals surface area (Å²) in [5.41, 5.74) is 1.18. The first-order valence-corrected chi connectivity index (χ1v) is 8.35. The molecule has 0 bridgehead atoms. The largest absolute Gasteiger partial charge is 0.496 e. The molecular weight excluding hydrogens is 363 g/mol. The Labute approximate surface area is 164 Å². The summed E-state index contributed by atoms with van der Waals surface area (Å²) < 4.78 is 16.6. The van der Waals surface area contributed by atoms with E-state index in [0.717, 1.165) is 44.1 Å². The second kappa shape index (κ2) is 11.7. The van der Waals surface area contributed by atoms with Gasteiger partial charge in [-0.2, -0.15) is 0 Å². The van der Waals surface area contributed by atoms with Crippen molar-refractivity contribution in [1.29, 1.82) is 0 Å². The van der Waals surface area contributed by atoms with Crippen LogP contribution >= 0.6 is 24.8 Å². The molecule has 0 unspecified atom stereocenters. The Balaban J connectivity index is 0.00000288. The van der Waals surface area contributed by atoms with E-state index in [1.165, 1.54) is 5.56 Å². The van der Waals surface area contributed by atoms with Crippen LogP contribution in [0.2, 0.25) is 0 Å². The highest BCUT2D eigenvalue weighted by Gasteiger charge is 2.27. The van der Waals surface area contributed by atoms with E-state index >= 15 is 0 Å². The second-order valence-electron chi connectivity index (χ2n) is 6.38. The van der Waals surface area contributed by atoms with Gasteiger partial charge in [0.2, 0.25) is 0 Å². The minimum Gasteiger partial charge on any atom is -0.496 e. The van der Waals surface area contributed by atoms with Gasteiger partial charge in [0.1, 0.15) is 5.75 Å². The van der Waals surface area contributed by atoms with Gasteiger partial charge in [-0.15, -0.1) is 24.8 Å². The molecular formula is C18H32Cl2N2O3. The summed E-state index contributed by atoms with van der Waals surface area (Å²) in [6.07, 6.45) is 1.09. The molecule has 5 nitrogen and oxygen atoms in total. The van der Waals surface area contributed by atoms with Crippen LogP contribution in [-0.2, 0) is 0 Å². The van der Waals surface area contributed by atoms with Crippen LogP contribution in [0.1, 0.15) is 31.9 Å². The molecule has 1 aromatic carbocycles. The number of methoxy groups -OCH3 is 3. The lowest BCUT2D eigenvalue weighted by Crippen LogP contribution is -2.45. The van der Waals surface area contributed by atoms with Gasteiger partial charge < -0.3 is 19.5 Å². The molecule has 1 fully saturated rings. The summed E-state index contributed by atoms with van der Waals surface area (Å²) >= 11 is 0. The minimum absolute atomic E-state index is 0. The fraction of sp³-hybridized carbons (Fsp3) is 0.667. The number of ether oxygens (including phenoxy) is 3. The van der Waals surface area contributed by atoms with Crippen molar-refractivity contribution in [3.05, 3.63) is 17.7 Å². The van der Waals surface area contributed by atoms with Crippen molar-refractivity contribution in [1.82, 2.24) is 10.2 Å². The van der Waals surface area contributed by atoms with Crippen LogP contribution in [0.4, 0.5) is 0 Å². The Kier molecular flexibility index (Phi) is 11.3. The lowest BCUT2D eigenvalue weighted by atomic mass is 9.94. The number of nitrogens with one attached hydrogen (secondary N) is 1. The Morgan fingerprint density at radius 2 is 1.44 bits per heavy atom. The molecule has 2 rings (SSSR count). The average molecular weight is 395 g/mol. The van der Waals surface area contributed by atoms with Crippen LogP contribution in [0.5, 0.6) is 17.2 Å². The Morgan fingerprint density at radius 3 is 1.92 bits per heavy atom. The lowest BCUT2D eigenvalue weighted by molar-refractivity contribution is 0.151. The van der Waals surface area contributed by atoms with Crippen molar-refractivity contribution >= 4 is 24.8 Å². The predicted molar refractivity (Wildman–Crippen MR) is 107 cm³/mol. The third-order valence-electron chi connectivity index (χ3n) is 4.38. The van der Waals surface area contributed by atoms with E-state index in [-0.39, 0.29) is 24.8 Å². The predicted octanol–water partition coefficient (Wildman–Crippen LogP) is 3.55. The van der Waals surface area contributed by atoms with Gasteiger partial charge in [0.05, 0.1) is 21.3 Å². The van der Waals surface area contributed by atoms with Gasteiger partial charge >= 0.3 is 0 Å². The molecule has 0 spiro atoms. The summed E-state index contributed by atoms with van der Waals surface area (Å²) in [5.74, 6) is 2.93. The second-order valence-corrected chi connectivity index (χ2v) is 6.38. The van der Waals surface area contributed by atoms with Crippen molar-refractivity contribution in [2.24, 2.45) is 5.92 Å². The molecule has 1 saturated heterocycles. The molecule has 0 aromatic heterocycles. The molecule has 1 heterocycles. The minimum atomic E-state index is 0. The highest BCUT2D eigenvalue weighted by atomic mass is 35.5. The van der Waals surface area contributed by atoms with Gasteiger partial charge in [-0.05, 0) is 18.4 Å². The number of piperazine rings is 1. The lowest BCUT2D eigenvalue weighted by Gasteiger charge is -2.37. The van der Waals surface area contributed by atoms with Crippen LogP contribution in [0.15, 0.2) is 12.1 Å². The standard InChI is InChI=1S/C18H30N2O3.2ClH/c1-13(2)10-15(20-8-6-19-7-9-20)14-11-17(22-4)18(23-5)12-16(14)21-3;;/h11-13,15,19H,6-10H2,1-5H3;2*1H/t15-;;/m1../s1. The normalized spacial score (nSPS) is 15.8. The zero-order valence-corrected chi connectivity index (χ0v) is 17.5. The summed E-state index contributed by atoms with van der Waals surface area (Å²) in [4.78, 5) is 2.54. The number of benzene rings is 1. The van der Waals surface area contributed by atoms with Gasteiger partial charge in [0.25, 0.3) is 0 Å². The van der Waals surface area contributed by atoms with Crippen molar-refractivity contribution in [2.45, 2.75) is 26.3 Å². The van der Waals surface area contributed by atoms with E-state index in [4.69, 9.17) is 14.2 Å². The molecule has 1 aromatic rings. The van der Waals surface area contributed by atoms with Gasteiger partial charge in [-0.25, -0.2) is 0 Å². The third kappa shape index (κ3) is 6.10. The fourth-order valence-electron chi connectivity index (χ4n) is 3.23. The zero-order chi connectivity index (χ0) is 16.8. The molecule has 25 heavy (non-hydrogen) atoms. The maximum atomic E-state index is 5.66. The number of nitrogens with zero attached hydrogens (tertiary/aromatic N) is 1. The molecule has 1 aliphatic rings. The molecule has 1 atom stereocenters. The van der Waals surface area contributed by atoms with Crippen molar-refractivity contribution in [3.8, 4) is 17.2 Å². The molecule has 0 radical (unpaired) electrons. The smallest absolute Gasteiger partial charge is 0.164 e. The third-order valence-corrected chi connectivity index (χ3v) is 4.38. The van der Waals surface area contributed by atoms with E-state index in [1.807, 2.05) is 6.07 Å². The highest BCUT2D eigenvalue weighted by molar-refractivity contribution is 5.85. The van der Waals surface area contributed by atoms with Gasteiger partial charge in [0.15, 0.2) is 11.5 Å². The van der Waals surface area contributed by atoms with Gasteiger partial charge in [-0.3, -0.25) is 4.90 Å². The molecule has 0 aliphatic carbocycles. The summed E-state index contributed by atoms with van der Waals surface area (Å²) in [7, 11) is 5.05. The SMILES string of the molecule is COc1cc(OC)c([C@@H](CC(C)C)N2CCNCC2)cc1OC.Cl.Cl. The summed E-state index contributed by atoms with van der Waals surface area (Å²) in [6.45, 7) is 8.70. The van der Waals surface area contributed by atoms with Crippen molar-refractivity contribution in [3.63, 3.8) is 0 Å². The molecule has 146 valence electrons. The zero-order valence-electron chi connectivity index (χ0n) is 15.8. The molecule has 0 amide bonds. The maximum Gasteiger partial charge on any atom is 0.164 e. The first-order valence-electron chi connectivity index (χ1n) is 8.35. The Morgan fingerprint density at radius 1 is 0.920 bits per heavy atom. The maximum absolute atomic E-state index is 5.66. The molecule has 0 saturated carbocycles. The number of hydrogen-bond acceptors (Lipinski definition) is 5. The van der Waals surface area contributed by atoms with Crippen LogP contribution in [0, 0.1) is 5.92 Å². The topological polar surface area (TPSA) is 43.0 Å². The van der Waals surface area contributed by atoms with Crippen LogP contribution < -0.4 is 19.5 Å². The average Bonchev–Trinajstić information content (AvgIpc) is 2.59. The van der Waals surface area contributed by atoms with E-state index in [9.17, 15) is 0 Å². The van der Waals surface area contributed by atoms with Crippen LogP contribution in [0.25, 0.3) is 0 Å². The van der Waals surface area contributed by atoms with E-state index < -0.39 is 0 Å². The number of hydrogen-bond donors (Lipinski definition) is 1. The molecule has 7 heteroatoms. The fourth-order valence-corrected chi connectivity index (χ4v) is 3.23. The van der Waals surface area contributed by atoms with Crippen molar-refractivity contribution in [2.75, 3.05) is 47.5 Å². The Bertz CT molecular complexity index is 509. The van der Waals surface area contributed by atoms with Crippen LogP contribution in [-0.4, -0.2) is 52.4 Å². The first-order chi connectivity index (χ1) is 11.1. The molecule has 1 N–H and O–H groups in total. The summed E-state index contributed by atoms with van der Waals surface area (Å²) in [6, 6.07) is 4.34. The van der Waals surface area contributed by atoms with Gasteiger partial charge in [0, 0.05) is 43.9 Å². The molecule has 1 aliphatic heterocycles. The van der Waals surface area contributed by atoms with Crippen molar-refractivity contribution < 1.29 is 14.2 Å². The summed E-state index contributed by atoms with van der Waals surface area (Å²) in [5, 5.41) is 3.43. The number of rotatable bonds is 7. The highest BCUT2D eigenvalue weighted by Crippen LogP contribution is 2.41. The monoisotopic (exact) mass is 394 g/mol. The first kappa shape index (κ1) is 24.1. The van der Waals surface area contributed by atoms with E-state index in [0.29, 0.717) is 17.7 Å². The van der Waals surface area contributed by atoms with Crippen LogP contribution in [0.3, 0.4) is 0 Å². The number of halogens is 2.